The van der Waals surface area contributed by atoms with Crippen LogP contribution in [0.4, 0.5) is 8.78 Å². The van der Waals surface area contributed by atoms with Crippen molar-refractivity contribution in [1.82, 2.24) is 15.1 Å². The third-order valence-corrected chi connectivity index (χ3v) is 4.58. The van der Waals surface area contributed by atoms with Crippen LogP contribution in [0.1, 0.15) is 24.9 Å². The molecule has 9 heteroatoms. The molecule has 1 fully saturated rings. The predicted octanol–water partition coefficient (Wildman–Crippen LogP) is 2.64. The molecule has 0 spiro atoms. The van der Waals surface area contributed by atoms with Gasteiger partial charge in [-0.25, -0.2) is 8.78 Å². The Morgan fingerprint density at radius 1 is 1.22 bits per heavy atom. The molecule has 0 radical (unpaired) electrons. The van der Waals surface area contributed by atoms with Crippen molar-refractivity contribution in [3.05, 3.63) is 35.4 Å². The standard InChI is InChI=1S/C18H27F2N3O2.2ClH/c1-3-17(15-5-4-14(19)12-16(15)20)22-7-9-23(10-8-22)18(24)13-21-6-11-25-2;;/h4-5,12,17,21H,3,6-11,13H2,1-2H3;2*1H. The maximum Gasteiger partial charge on any atom is 0.236 e. The molecule has 1 unspecified atom stereocenters. The zero-order valence-corrected chi connectivity index (χ0v) is 17.4. The highest BCUT2D eigenvalue weighted by Gasteiger charge is 2.27. The molecular formula is C18H29Cl2F2N3O2. The highest BCUT2D eigenvalue weighted by Crippen LogP contribution is 2.27. The second kappa shape index (κ2) is 13.2. The normalized spacial score (nSPS) is 15.6. The molecule has 1 aliphatic heterocycles. The lowest BCUT2D eigenvalue weighted by atomic mass is 10.0. The zero-order chi connectivity index (χ0) is 18.2. The second-order valence-corrected chi connectivity index (χ2v) is 6.18. The first-order chi connectivity index (χ1) is 12.1. The van der Waals surface area contributed by atoms with Crippen molar-refractivity contribution in [3.63, 3.8) is 0 Å². The molecule has 5 nitrogen and oxygen atoms in total. The first-order valence-corrected chi connectivity index (χ1v) is 8.73. The topological polar surface area (TPSA) is 44.8 Å². The van der Waals surface area contributed by atoms with Gasteiger partial charge in [0.2, 0.25) is 5.91 Å². The number of nitrogens with one attached hydrogen (secondary N) is 1. The molecule has 0 aromatic heterocycles. The summed E-state index contributed by atoms with van der Waals surface area (Å²) in [6.07, 6.45) is 0.731. The van der Waals surface area contributed by atoms with Crippen molar-refractivity contribution in [2.75, 3.05) is 53.0 Å². The van der Waals surface area contributed by atoms with Crippen molar-refractivity contribution >= 4 is 30.7 Å². The molecule has 1 aromatic rings. The van der Waals surface area contributed by atoms with Gasteiger partial charge < -0.3 is 15.0 Å². The number of amides is 1. The first kappa shape index (κ1) is 26.0. The van der Waals surface area contributed by atoms with Gasteiger partial charge in [0, 0.05) is 57.5 Å². The lowest BCUT2D eigenvalue weighted by Gasteiger charge is -2.39. The summed E-state index contributed by atoms with van der Waals surface area (Å²) in [4.78, 5) is 16.2. The molecule has 0 aliphatic carbocycles. The summed E-state index contributed by atoms with van der Waals surface area (Å²) in [6, 6.07) is 3.66. The smallest absolute Gasteiger partial charge is 0.236 e. The molecule has 1 saturated heterocycles. The zero-order valence-electron chi connectivity index (χ0n) is 15.7. The Morgan fingerprint density at radius 2 is 1.89 bits per heavy atom. The van der Waals surface area contributed by atoms with Gasteiger partial charge in [-0.3, -0.25) is 9.69 Å². The minimum atomic E-state index is -0.563. The van der Waals surface area contributed by atoms with E-state index in [2.05, 4.69) is 10.2 Å². The largest absolute Gasteiger partial charge is 0.383 e. The van der Waals surface area contributed by atoms with E-state index in [1.807, 2.05) is 11.8 Å². The van der Waals surface area contributed by atoms with Crippen LogP contribution >= 0.6 is 24.8 Å². The van der Waals surface area contributed by atoms with E-state index in [-0.39, 0.29) is 36.8 Å². The van der Waals surface area contributed by atoms with Crippen molar-refractivity contribution in [2.24, 2.45) is 0 Å². The van der Waals surface area contributed by atoms with E-state index in [0.29, 0.717) is 51.4 Å². The van der Waals surface area contributed by atoms with Crippen LogP contribution in [0.15, 0.2) is 18.2 Å². The fourth-order valence-corrected chi connectivity index (χ4v) is 3.21. The summed E-state index contributed by atoms with van der Waals surface area (Å²) in [7, 11) is 1.62. The van der Waals surface area contributed by atoms with Crippen molar-refractivity contribution in [2.45, 2.75) is 19.4 Å². The second-order valence-electron chi connectivity index (χ2n) is 6.18. The summed E-state index contributed by atoms with van der Waals surface area (Å²) in [6.45, 7) is 6.09. The Bertz CT molecular complexity index is 574. The van der Waals surface area contributed by atoms with Gasteiger partial charge in [-0.1, -0.05) is 13.0 Å². The van der Waals surface area contributed by atoms with E-state index < -0.39 is 11.6 Å². The maximum atomic E-state index is 14.1. The number of ether oxygens (including phenoxy) is 1. The molecule has 1 aliphatic rings. The van der Waals surface area contributed by atoms with Crippen LogP contribution in [0.25, 0.3) is 0 Å². The van der Waals surface area contributed by atoms with E-state index in [1.54, 1.807) is 7.11 Å². The molecule has 156 valence electrons. The number of piperazine rings is 1. The fraction of sp³-hybridized carbons (Fsp3) is 0.611. The minimum absolute atomic E-state index is 0. The molecule has 27 heavy (non-hydrogen) atoms. The van der Waals surface area contributed by atoms with E-state index >= 15 is 0 Å². The Balaban J connectivity index is 0.00000338. The molecule has 2 rings (SSSR count). The summed E-state index contributed by atoms with van der Waals surface area (Å²) in [5.41, 5.74) is 0.518. The summed E-state index contributed by atoms with van der Waals surface area (Å²) >= 11 is 0. The maximum absolute atomic E-state index is 14.1. The summed E-state index contributed by atoms with van der Waals surface area (Å²) < 4.78 is 32.2. The van der Waals surface area contributed by atoms with E-state index in [1.165, 1.54) is 12.1 Å². The Hall–Kier alpha value is -0.990. The van der Waals surface area contributed by atoms with Gasteiger partial charge in [0.1, 0.15) is 11.6 Å². The third kappa shape index (κ3) is 7.50. The van der Waals surface area contributed by atoms with Crippen LogP contribution in [0.3, 0.4) is 0 Å². The molecule has 1 atom stereocenters. The molecule has 0 bridgehead atoms. The number of carbonyl (C=O) groups excluding carboxylic acids is 1. The lowest BCUT2D eigenvalue weighted by Crippen LogP contribution is -2.51. The van der Waals surface area contributed by atoms with E-state index in [4.69, 9.17) is 4.74 Å². The Labute approximate surface area is 172 Å². The van der Waals surface area contributed by atoms with Crippen LogP contribution < -0.4 is 5.32 Å². The van der Waals surface area contributed by atoms with Crippen molar-refractivity contribution in [1.29, 1.82) is 0 Å². The number of carbonyl (C=O) groups is 1. The summed E-state index contributed by atoms with van der Waals surface area (Å²) in [5.74, 6) is -1.00. The quantitative estimate of drug-likeness (QED) is 0.647. The van der Waals surface area contributed by atoms with Gasteiger partial charge in [-0.15, -0.1) is 24.8 Å². The molecule has 1 aromatic carbocycles. The summed E-state index contributed by atoms with van der Waals surface area (Å²) in [5, 5.41) is 3.05. The van der Waals surface area contributed by atoms with Gasteiger partial charge in [-0.05, 0) is 12.5 Å². The Morgan fingerprint density at radius 3 is 2.44 bits per heavy atom. The highest BCUT2D eigenvalue weighted by atomic mass is 35.5. The lowest BCUT2D eigenvalue weighted by molar-refractivity contribution is -0.132. The van der Waals surface area contributed by atoms with Gasteiger partial charge >= 0.3 is 0 Å². The van der Waals surface area contributed by atoms with Gasteiger partial charge in [-0.2, -0.15) is 0 Å². The third-order valence-electron chi connectivity index (χ3n) is 4.58. The van der Waals surface area contributed by atoms with Gasteiger partial charge in [0.25, 0.3) is 0 Å². The highest BCUT2D eigenvalue weighted by molar-refractivity contribution is 5.85. The number of methoxy groups -OCH3 is 1. The van der Waals surface area contributed by atoms with Gasteiger partial charge in [0.15, 0.2) is 0 Å². The van der Waals surface area contributed by atoms with Crippen LogP contribution in [0, 0.1) is 11.6 Å². The van der Waals surface area contributed by atoms with Crippen LogP contribution in [0.2, 0.25) is 0 Å². The molecule has 1 N–H and O–H groups in total. The number of nitrogens with zero attached hydrogens (tertiary/aromatic N) is 2. The number of hydrogen-bond acceptors (Lipinski definition) is 4. The molecule has 1 heterocycles. The molecule has 0 saturated carbocycles. The number of benzene rings is 1. The number of hydrogen-bond donors (Lipinski definition) is 1. The van der Waals surface area contributed by atoms with Crippen molar-refractivity contribution in [3.8, 4) is 0 Å². The minimum Gasteiger partial charge on any atom is -0.383 e. The average molecular weight is 428 g/mol. The van der Waals surface area contributed by atoms with Gasteiger partial charge in [0.05, 0.1) is 13.2 Å². The molecular weight excluding hydrogens is 399 g/mol. The SMILES string of the molecule is CCC(c1ccc(F)cc1F)N1CCN(C(=O)CNCCOC)CC1.Cl.Cl. The Kier molecular flexibility index (Phi) is 12.7. The van der Waals surface area contributed by atoms with Crippen LogP contribution in [-0.4, -0.2) is 68.7 Å². The number of rotatable bonds is 8. The van der Waals surface area contributed by atoms with E-state index in [9.17, 15) is 13.6 Å². The van der Waals surface area contributed by atoms with Crippen LogP contribution in [0.5, 0.6) is 0 Å². The average Bonchev–Trinajstić information content (AvgIpc) is 2.61. The fourth-order valence-electron chi connectivity index (χ4n) is 3.21. The van der Waals surface area contributed by atoms with Crippen LogP contribution in [-0.2, 0) is 9.53 Å². The predicted molar refractivity (Wildman–Crippen MR) is 107 cm³/mol. The first-order valence-electron chi connectivity index (χ1n) is 8.73. The molecule has 1 amide bonds. The van der Waals surface area contributed by atoms with E-state index in [0.717, 1.165) is 12.5 Å². The monoisotopic (exact) mass is 427 g/mol. The van der Waals surface area contributed by atoms with Crippen molar-refractivity contribution < 1.29 is 18.3 Å². The number of halogens is 4.